The lowest BCUT2D eigenvalue weighted by Gasteiger charge is -2.07. The van der Waals surface area contributed by atoms with Crippen LogP contribution in [-0.4, -0.2) is 9.78 Å². The van der Waals surface area contributed by atoms with Crippen LogP contribution in [-0.2, 0) is 13.5 Å². The Labute approximate surface area is 99.2 Å². The standard InChI is InChI=1S/C12H15FN4/c1-3-10-11(14)12(17(2)16-10)15-9-6-4-5-8(13)7-9/h4-7,15H,3,14H2,1-2H3. The average molecular weight is 234 g/mol. The Morgan fingerprint density at radius 3 is 2.82 bits per heavy atom. The number of anilines is 3. The first-order valence-electron chi connectivity index (χ1n) is 5.45. The molecule has 1 heterocycles. The summed E-state index contributed by atoms with van der Waals surface area (Å²) >= 11 is 0. The van der Waals surface area contributed by atoms with Gasteiger partial charge in [-0.3, -0.25) is 4.68 Å². The number of aryl methyl sites for hydroxylation is 2. The highest BCUT2D eigenvalue weighted by Crippen LogP contribution is 2.26. The lowest BCUT2D eigenvalue weighted by atomic mass is 10.2. The van der Waals surface area contributed by atoms with E-state index >= 15 is 0 Å². The molecule has 0 saturated heterocycles. The minimum absolute atomic E-state index is 0.286. The van der Waals surface area contributed by atoms with Crippen LogP contribution in [0.2, 0.25) is 0 Å². The molecule has 5 heteroatoms. The summed E-state index contributed by atoms with van der Waals surface area (Å²) < 4.78 is 14.7. The van der Waals surface area contributed by atoms with Gasteiger partial charge in [0.25, 0.3) is 0 Å². The third-order valence-corrected chi connectivity index (χ3v) is 2.58. The second-order valence-electron chi connectivity index (χ2n) is 3.82. The Balaban J connectivity index is 2.33. The van der Waals surface area contributed by atoms with Crippen molar-refractivity contribution in [2.24, 2.45) is 7.05 Å². The number of halogens is 1. The Hall–Kier alpha value is -2.04. The van der Waals surface area contributed by atoms with Crippen molar-refractivity contribution in [3.05, 3.63) is 35.8 Å². The van der Waals surface area contributed by atoms with Crippen LogP contribution >= 0.6 is 0 Å². The normalized spacial score (nSPS) is 10.5. The van der Waals surface area contributed by atoms with Crippen molar-refractivity contribution in [1.82, 2.24) is 9.78 Å². The summed E-state index contributed by atoms with van der Waals surface area (Å²) in [7, 11) is 1.80. The minimum Gasteiger partial charge on any atom is -0.394 e. The van der Waals surface area contributed by atoms with Crippen LogP contribution in [0.15, 0.2) is 24.3 Å². The number of nitrogen functional groups attached to an aromatic ring is 1. The van der Waals surface area contributed by atoms with Crippen LogP contribution in [0.1, 0.15) is 12.6 Å². The van der Waals surface area contributed by atoms with E-state index in [0.717, 1.165) is 12.1 Å². The van der Waals surface area contributed by atoms with Gasteiger partial charge in [0.2, 0.25) is 0 Å². The highest BCUT2D eigenvalue weighted by molar-refractivity contribution is 5.71. The number of rotatable bonds is 3. The molecule has 0 unspecified atom stereocenters. The third-order valence-electron chi connectivity index (χ3n) is 2.58. The van der Waals surface area contributed by atoms with Crippen LogP contribution in [0.25, 0.3) is 0 Å². The van der Waals surface area contributed by atoms with Crippen molar-refractivity contribution < 1.29 is 4.39 Å². The van der Waals surface area contributed by atoms with Crippen LogP contribution in [0.3, 0.4) is 0 Å². The molecule has 3 N–H and O–H groups in total. The number of hydrogen-bond donors (Lipinski definition) is 2. The molecule has 0 aliphatic carbocycles. The quantitative estimate of drug-likeness (QED) is 0.857. The van der Waals surface area contributed by atoms with Crippen LogP contribution in [0.5, 0.6) is 0 Å². The molecular weight excluding hydrogens is 219 g/mol. The van der Waals surface area contributed by atoms with Crippen molar-refractivity contribution in [2.75, 3.05) is 11.1 Å². The van der Waals surface area contributed by atoms with Gasteiger partial charge in [0, 0.05) is 12.7 Å². The molecule has 0 fully saturated rings. The molecular formula is C12H15FN4. The molecule has 0 bridgehead atoms. The van der Waals surface area contributed by atoms with E-state index in [-0.39, 0.29) is 5.82 Å². The first-order valence-corrected chi connectivity index (χ1v) is 5.45. The molecule has 2 rings (SSSR count). The highest BCUT2D eigenvalue weighted by Gasteiger charge is 2.11. The maximum Gasteiger partial charge on any atom is 0.152 e. The number of nitrogens with one attached hydrogen (secondary N) is 1. The summed E-state index contributed by atoms with van der Waals surface area (Å²) in [5, 5.41) is 7.35. The molecule has 4 nitrogen and oxygen atoms in total. The molecule has 17 heavy (non-hydrogen) atoms. The summed E-state index contributed by atoms with van der Waals surface area (Å²) in [6.07, 6.45) is 0.768. The van der Waals surface area contributed by atoms with Gasteiger partial charge in [-0.25, -0.2) is 4.39 Å². The van der Waals surface area contributed by atoms with E-state index in [9.17, 15) is 4.39 Å². The number of nitrogens with zero attached hydrogens (tertiary/aromatic N) is 2. The molecule has 1 aromatic carbocycles. The average Bonchev–Trinajstić information content (AvgIpc) is 2.56. The fourth-order valence-electron chi connectivity index (χ4n) is 1.71. The van der Waals surface area contributed by atoms with E-state index in [1.165, 1.54) is 12.1 Å². The first kappa shape index (κ1) is 11.4. The van der Waals surface area contributed by atoms with E-state index < -0.39 is 0 Å². The number of nitrogens with two attached hydrogens (primary N) is 1. The van der Waals surface area contributed by atoms with Crippen molar-refractivity contribution in [3.63, 3.8) is 0 Å². The second-order valence-corrected chi connectivity index (χ2v) is 3.82. The van der Waals surface area contributed by atoms with Crippen LogP contribution in [0, 0.1) is 5.82 Å². The SMILES string of the molecule is CCc1nn(C)c(Nc2cccc(F)c2)c1N. The Morgan fingerprint density at radius 2 is 2.24 bits per heavy atom. The molecule has 0 atom stereocenters. The summed E-state index contributed by atoms with van der Waals surface area (Å²) in [5.41, 5.74) is 8.07. The van der Waals surface area contributed by atoms with Crippen molar-refractivity contribution in [2.45, 2.75) is 13.3 Å². The van der Waals surface area contributed by atoms with Crippen molar-refractivity contribution in [1.29, 1.82) is 0 Å². The van der Waals surface area contributed by atoms with Gasteiger partial charge in [-0.15, -0.1) is 0 Å². The first-order chi connectivity index (χ1) is 8.11. The maximum absolute atomic E-state index is 13.0. The maximum atomic E-state index is 13.0. The van der Waals surface area contributed by atoms with Gasteiger partial charge in [0.1, 0.15) is 5.82 Å². The predicted molar refractivity (Wildman–Crippen MR) is 66.7 cm³/mol. The fourth-order valence-corrected chi connectivity index (χ4v) is 1.71. The minimum atomic E-state index is -0.286. The van der Waals surface area contributed by atoms with Gasteiger partial charge >= 0.3 is 0 Å². The van der Waals surface area contributed by atoms with E-state index in [4.69, 9.17) is 5.73 Å². The van der Waals surface area contributed by atoms with Crippen molar-refractivity contribution >= 4 is 17.2 Å². The predicted octanol–water partition coefficient (Wildman–Crippen LogP) is 2.45. The summed E-state index contributed by atoms with van der Waals surface area (Å²) in [4.78, 5) is 0. The van der Waals surface area contributed by atoms with Crippen LogP contribution < -0.4 is 11.1 Å². The lowest BCUT2D eigenvalue weighted by Crippen LogP contribution is -2.01. The van der Waals surface area contributed by atoms with Gasteiger partial charge < -0.3 is 11.1 Å². The summed E-state index contributed by atoms with van der Waals surface area (Å²) in [5.74, 6) is 0.402. The number of hydrogen-bond acceptors (Lipinski definition) is 3. The van der Waals surface area contributed by atoms with Gasteiger partial charge in [-0.05, 0) is 24.6 Å². The third kappa shape index (κ3) is 2.22. The monoisotopic (exact) mass is 234 g/mol. The molecule has 0 amide bonds. The molecule has 0 spiro atoms. The fraction of sp³-hybridized carbons (Fsp3) is 0.250. The second kappa shape index (κ2) is 4.45. The molecule has 1 aromatic heterocycles. The molecule has 0 saturated carbocycles. The van der Waals surface area contributed by atoms with E-state index in [1.807, 2.05) is 6.92 Å². The zero-order chi connectivity index (χ0) is 12.4. The van der Waals surface area contributed by atoms with E-state index in [1.54, 1.807) is 23.9 Å². The Kier molecular flexibility index (Phi) is 2.99. The summed E-state index contributed by atoms with van der Waals surface area (Å²) in [6.45, 7) is 1.99. The van der Waals surface area contributed by atoms with Gasteiger partial charge in [-0.2, -0.15) is 5.10 Å². The largest absolute Gasteiger partial charge is 0.394 e. The van der Waals surface area contributed by atoms with Gasteiger partial charge in [0.05, 0.1) is 11.4 Å². The van der Waals surface area contributed by atoms with Gasteiger partial charge in [0.15, 0.2) is 5.82 Å². The molecule has 90 valence electrons. The van der Waals surface area contributed by atoms with E-state index in [0.29, 0.717) is 17.2 Å². The Bertz CT molecular complexity index is 533. The summed E-state index contributed by atoms with van der Waals surface area (Å²) in [6, 6.07) is 6.24. The smallest absolute Gasteiger partial charge is 0.152 e. The Morgan fingerprint density at radius 1 is 1.47 bits per heavy atom. The zero-order valence-electron chi connectivity index (χ0n) is 9.87. The number of aromatic nitrogens is 2. The van der Waals surface area contributed by atoms with Crippen molar-refractivity contribution in [3.8, 4) is 0 Å². The number of benzene rings is 1. The molecule has 0 aliphatic heterocycles. The van der Waals surface area contributed by atoms with Gasteiger partial charge in [-0.1, -0.05) is 13.0 Å². The van der Waals surface area contributed by atoms with E-state index in [2.05, 4.69) is 10.4 Å². The molecule has 0 radical (unpaired) electrons. The zero-order valence-corrected chi connectivity index (χ0v) is 9.87. The molecule has 0 aliphatic rings. The topological polar surface area (TPSA) is 55.9 Å². The van der Waals surface area contributed by atoms with Crippen LogP contribution in [0.4, 0.5) is 21.6 Å². The molecule has 2 aromatic rings. The highest BCUT2D eigenvalue weighted by atomic mass is 19.1. The lowest BCUT2D eigenvalue weighted by molar-refractivity contribution is 0.628.